The van der Waals surface area contributed by atoms with E-state index in [2.05, 4.69) is 4.98 Å². The Morgan fingerprint density at radius 2 is 2.36 bits per heavy atom. The van der Waals surface area contributed by atoms with Gasteiger partial charge in [0, 0.05) is 37.4 Å². The van der Waals surface area contributed by atoms with E-state index in [9.17, 15) is 8.42 Å². The van der Waals surface area contributed by atoms with Crippen LogP contribution in [0, 0.1) is 5.41 Å². The highest BCUT2D eigenvalue weighted by Gasteiger charge is 2.48. The van der Waals surface area contributed by atoms with Gasteiger partial charge in [0.05, 0.1) is 19.0 Å². The summed E-state index contributed by atoms with van der Waals surface area (Å²) in [4.78, 5) is 4.17. The lowest BCUT2D eigenvalue weighted by atomic mass is 9.73. The molecule has 0 saturated carbocycles. The molecule has 3 heterocycles. The number of fused-ring (bicyclic) bond motifs is 1. The van der Waals surface area contributed by atoms with E-state index in [0.29, 0.717) is 25.6 Å². The largest absolute Gasteiger partial charge is 0.477 e. The maximum Gasteiger partial charge on any atom is 0.213 e. The molecule has 0 N–H and O–H groups in total. The monoisotopic (exact) mass is 326 g/mol. The molecule has 2 unspecified atom stereocenters. The summed E-state index contributed by atoms with van der Waals surface area (Å²) < 4.78 is 37.1. The molecular weight excluding hydrogens is 304 g/mol. The number of piperidine rings is 1. The lowest BCUT2D eigenvalue weighted by Gasteiger charge is -2.49. The van der Waals surface area contributed by atoms with Crippen molar-refractivity contribution in [1.29, 1.82) is 0 Å². The van der Waals surface area contributed by atoms with Crippen molar-refractivity contribution in [2.75, 3.05) is 32.6 Å². The molecule has 0 aromatic carbocycles. The SMILES string of the molecule is CS(=O)(=O)N1CCC2OCCCC2(COc2ccccn2)C1. The number of sulfonamides is 1. The van der Waals surface area contributed by atoms with E-state index in [0.717, 1.165) is 25.9 Å². The van der Waals surface area contributed by atoms with Crippen LogP contribution in [0.2, 0.25) is 0 Å². The Hall–Kier alpha value is -1.18. The maximum absolute atomic E-state index is 11.9. The van der Waals surface area contributed by atoms with E-state index in [1.807, 2.05) is 18.2 Å². The van der Waals surface area contributed by atoms with Crippen molar-refractivity contribution in [3.05, 3.63) is 24.4 Å². The normalized spacial score (nSPS) is 29.8. The first-order chi connectivity index (χ1) is 10.5. The first kappa shape index (κ1) is 15.7. The summed E-state index contributed by atoms with van der Waals surface area (Å²) in [6, 6.07) is 5.52. The summed E-state index contributed by atoms with van der Waals surface area (Å²) in [7, 11) is -3.19. The van der Waals surface area contributed by atoms with Gasteiger partial charge in [-0.3, -0.25) is 0 Å². The highest BCUT2D eigenvalue weighted by atomic mass is 32.2. The molecule has 2 aliphatic rings. The van der Waals surface area contributed by atoms with Gasteiger partial charge in [0.25, 0.3) is 0 Å². The van der Waals surface area contributed by atoms with Crippen LogP contribution in [-0.4, -0.2) is 56.4 Å². The van der Waals surface area contributed by atoms with Gasteiger partial charge >= 0.3 is 0 Å². The molecule has 22 heavy (non-hydrogen) atoms. The Morgan fingerprint density at radius 1 is 1.50 bits per heavy atom. The second-order valence-corrected chi connectivity index (χ2v) is 8.15. The van der Waals surface area contributed by atoms with Gasteiger partial charge in [-0.1, -0.05) is 6.07 Å². The molecule has 1 aromatic heterocycles. The highest BCUT2D eigenvalue weighted by Crippen LogP contribution is 2.41. The Morgan fingerprint density at radius 3 is 3.09 bits per heavy atom. The van der Waals surface area contributed by atoms with Crippen LogP contribution in [0.5, 0.6) is 5.88 Å². The topological polar surface area (TPSA) is 68.7 Å². The molecule has 7 heteroatoms. The summed E-state index contributed by atoms with van der Waals surface area (Å²) in [6.45, 7) is 2.16. The second-order valence-electron chi connectivity index (χ2n) is 6.17. The molecule has 0 aliphatic carbocycles. The van der Waals surface area contributed by atoms with E-state index in [-0.39, 0.29) is 11.5 Å². The molecule has 3 rings (SSSR count). The van der Waals surface area contributed by atoms with Crippen LogP contribution in [0.25, 0.3) is 0 Å². The molecule has 0 spiro atoms. The summed E-state index contributed by atoms with van der Waals surface area (Å²) >= 11 is 0. The molecule has 2 atom stereocenters. The summed E-state index contributed by atoms with van der Waals surface area (Å²) in [6.07, 6.45) is 5.58. The fourth-order valence-electron chi connectivity index (χ4n) is 3.39. The van der Waals surface area contributed by atoms with E-state index in [1.54, 1.807) is 10.5 Å². The number of aromatic nitrogens is 1. The van der Waals surface area contributed by atoms with Crippen LogP contribution >= 0.6 is 0 Å². The third-order valence-electron chi connectivity index (χ3n) is 4.57. The van der Waals surface area contributed by atoms with Gasteiger partial charge in [-0.2, -0.15) is 0 Å². The molecule has 0 amide bonds. The van der Waals surface area contributed by atoms with Crippen LogP contribution < -0.4 is 4.74 Å². The van der Waals surface area contributed by atoms with Crippen molar-refractivity contribution < 1.29 is 17.9 Å². The van der Waals surface area contributed by atoms with Gasteiger partial charge in [-0.05, 0) is 25.3 Å². The molecule has 2 aliphatic heterocycles. The van der Waals surface area contributed by atoms with Crippen molar-refractivity contribution in [1.82, 2.24) is 9.29 Å². The molecule has 122 valence electrons. The average molecular weight is 326 g/mol. The summed E-state index contributed by atoms with van der Waals surface area (Å²) in [5.74, 6) is 0.567. The first-order valence-electron chi connectivity index (χ1n) is 7.60. The molecule has 2 fully saturated rings. The predicted octanol–water partition coefficient (Wildman–Crippen LogP) is 1.29. The Labute approximate surface area is 131 Å². The Kier molecular flexibility index (Phi) is 4.38. The molecule has 0 radical (unpaired) electrons. The smallest absolute Gasteiger partial charge is 0.213 e. The molecule has 0 bridgehead atoms. The zero-order valence-corrected chi connectivity index (χ0v) is 13.6. The van der Waals surface area contributed by atoms with E-state index in [1.165, 1.54) is 6.26 Å². The predicted molar refractivity (Wildman–Crippen MR) is 82.2 cm³/mol. The van der Waals surface area contributed by atoms with Crippen LogP contribution in [0.15, 0.2) is 24.4 Å². The third kappa shape index (κ3) is 3.26. The van der Waals surface area contributed by atoms with Crippen LogP contribution in [0.4, 0.5) is 0 Å². The number of hydrogen-bond donors (Lipinski definition) is 0. The van der Waals surface area contributed by atoms with Crippen LogP contribution in [0.1, 0.15) is 19.3 Å². The molecule has 6 nitrogen and oxygen atoms in total. The van der Waals surface area contributed by atoms with Crippen molar-refractivity contribution in [2.45, 2.75) is 25.4 Å². The number of rotatable bonds is 4. The standard InChI is InChI=1S/C15H22N2O4S/c1-22(18,19)17-9-6-13-15(11-17,7-4-10-20-13)12-21-14-5-2-3-8-16-14/h2-3,5,8,13H,4,6-7,9-12H2,1H3. The van der Waals surface area contributed by atoms with Gasteiger partial charge in [0.15, 0.2) is 0 Å². The molecule has 1 aromatic rings. The van der Waals surface area contributed by atoms with Crippen LogP contribution in [0.3, 0.4) is 0 Å². The summed E-state index contributed by atoms with van der Waals surface area (Å²) in [5.41, 5.74) is -0.281. The number of pyridine rings is 1. The second kappa shape index (κ2) is 6.14. The third-order valence-corrected chi connectivity index (χ3v) is 5.82. The number of nitrogens with zero attached hydrogens (tertiary/aromatic N) is 2. The quantitative estimate of drug-likeness (QED) is 0.834. The van der Waals surface area contributed by atoms with Crippen molar-refractivity contribution >= 4 is 10.0 Å². The zero-order chi connectivity index (χ0) is 15.6. The minimum atomic E-state index is -3.19. The summed E-state index contributed by atoms with van der Waals surface area (Å²) in [5, 5.41) is 0. The fraction of sp³-hybridized carbons (Fsp3) is 0.667. The molecular formula is C15H22N2O4S. The van der Waals surface area contributed by atoms with E-state index in [4.69, 9.17) is 9.47 Å². The van der Waals surface area contributed by atoms with Gasteiger partial charge < -0.3 is 9.47 Å². The lowest BCUT2D eigenvalue weighted by Crippen LogP contribution is -2.58. The Balaban J connectivity index is 1.78. The van der Waals surface area contributed by atoms with E-state index >= 15 is 0 Å². The van der Waals surface area contributed by atoms with E-state index < -0.39 is 10.0 Å². The first-order valence-corrected chi connectivity index (χ1v) is 9.45. The van der Waals surface area contributed by atoms with Crippen LogP contribution in [-0.2, 0) is 14.8 Å². The van der Waals surface area contributed by atoms with Gasteiger partial charge in [0.2, 0.25) is 15.9 Å². The molecule has 2 saturated heterocycles. The minimum absolute atomic E-state index is 0.0583. The van der Waals surface area contributed by atoms with Gasteiger partial charge in [-0.15, -0.1) is 0 Å². The minimum Gasteiger partial charge on any atom is -0.477 e. The average Bonchev–Trinajstić information content (AvgIpc) is 2.52. The zero-order valence-electron chi connectivity index (χ0n) is 12.8. The van der Waals surface area contributed by atoms with Gasteiger partial charge in [0.1, 0.15) is 0 Å². The number of hydrogen-bond acceptors (Lipinski definition) is 5. The van der Waals surface area contributed by atoms with Crippen molar-refractivity contribution in [2.24, 2.45) is 5.41 Å². The van der Waals surface area contributed by atoms with Crippen molar-refractivity contribution in [3.8, 4) is 5.88 Å². The number of ether oxygens (including phenoxy) is 2. The fourth-order valence-corrected chi connectivity index (χ4v) is 4.32. The maximum atomic E-state index is 11.9. The highest BCUT2D eigenvalue weighted by molar-refractivity contribution is 7.88. The lowest BCUT2D eigenvalue weighted by molar-refractivity contribution is -0.128. The Bertz CT molecular complexity index is 607. The van der Waals surface area contributed by atoms with Crippen molar-refractivity contribution in [3.63, 3.8) is 0 Å². The van der Waals surface area contributed by atoms with Gasteiger partial charge in [-0.25, -0.2) is 17.7 Å².